The Hall–Kier alpha value is -1.40. The van der Waals surface area contributed by atoms with Crippen LogP contribution in [0.3, 0.4) is 0 Å². The number of hydroxylamine groups is 1. The smallest absolute Gasteiger partial charge is 0.245 e. The second kappa shape index (κ2) is 4.58. The minimum Gasteiger partial charge on any atom is -0.368 e. The number of hydrogen-bond donors (Lipinski definition) is 2. The molecule has 1 rings (SSSR count). The van der Waals surface area contributed by atoms with Crippen molar-refractivity contribution in [3.8, 4) is 0 Å². The Labute approximate surface area is 75.6 Å². The lowest BCUT2D eigenvalue weighted by molar-refractivity contribution is -0.125. The van der Waals surface area contributed by atoms with E-state index in [2.05, 4.69) is 10.5 Å². The highest BCUT2D eigenvalue weighted by Gasteiger charge is 1.98. The third-order valence-electron chi connectivity index (χ3n) is 1.49. The van der Waals surface area contributed by atoms with Gasteiger partial charge in [0.05, 0.1) is 18.6 Å². The maximum Gasteiger partial charge on any atom is 0.245 e. The van der Waals surface area contributed by atoms with Gasteiger partial charge in [-0.1, -0.05) is 0 Å². The molecule has 1 amide bonds. The minimum absolute atomic E-state index is 0.127. The van der Waals surface area contributed by atoms with Crippen LogP contribution in [0.25, 0.3) is 0 Å². The largest absolute Gasteiger partial charge is 0.368 e. The molecule has 13 heavy (non-hydrogen) atoms. The molecule has 0 aliphatic carbocycles. The molecule has 72 valence electrons. The maximum atomic E-state index is 10.3. The van der Waals surface area contributed by atoms with E-state index in [9.17, 15) is 4.79 Å². The van der Waals surface area contributed by atoms with Gasteiger partial charge in [0.2, 0.25) is 5.91 Å². The summed E-state index contributed by atoms with van der Waals surface area (Å²) in [6.07, 6.45) is 3.39. The number of nitrogens with one attached hydrogen (secondary N) is 1. The fraction of sp³-hybridized carbons (Fsp3) is 0.429. The van der Waals surface area contributed by atoms with Crippen molar-refractivity contribution in [3.63, 3.8) is 0 Å². The molecule has 6 heteroatoms. The molecule has 6 nitrogen and oxygen atoms in total. The summed E-state index contributed by atoms with van der Waals surface area (Å²) in [5.41, 5.74) is 8.42. The van der Waals surface area contributed by atoms with Gasteiger partial charge in [-0.15, -0.1) is 0 Å². The van der Waals surface area contributed by atoms with E-state index in [1.54, 1.807) is 12.5 Å². The van der Waals surface area contributed by atoms with E-state index in [4.69, 9.17) is 10.6 Å². The highest BCUT2D eigenvalue weighted by molar-refractivity contribution is 5.74. The van der Waals surface area contributed by atoms with Crippen molar-refractivity contribution in [2.24, 2.45) is 12.8 Å². The van der Waals surface area contributed by atoms with Crippen LogP contribution in [-0.2, 0) is 23.2 Å². The Morgan fingerprint density at radius 3 is 3.15 bits per heavy atom. The molecule has 0 spiro atoms. The quantitative estimate of drug-likeness (QED) is 0.451. The number of primary amides is 1. The molecular weight excluding hydrogens is 172 g/mol. The standard InChI is InChI=1S/C7H12N4O2/c1-11-5-9-2-6(11)3-10-13-4-7(8)12/h2,5,10H,3-4H2,1H3,(H2,8,12). The average Bonchev–Trinajstić information content (AvgIpc) is 2.45. The molecule has 0 radical (unpaired) electrons. The summed E-state index contributed by atoms with van der Waals surface area (Å²) in [6.45, 7) is 0.363. The SMILES string of the molecule is Cn1cncc1CNOCC(N)=O. The number of carbonyl (C=O) groups excluding carboxylic acids is 1. The van der Waals surface area contributed by atoms with Crippen LogP contribution in [0.15, 0.2) is 12.5 Å². The van der Waals surface area contributed by atoms with Gasteiger partial charge in [-0.2, -0.15) is 5.48 Å². The summed E-state index contributed by atoms with van der Waals surface area (Å²) in [5.74, 6) is -0.502. The van der Waals surface area contributed by atoms with Crippen molar-refractivity contribution in [2.75, 3.05) is 6.61 Å². The van der Waals surface area contributed by atoms with Crippen molar-refractivity contribution < 1.29 is 9.63 Å². The number of hydrogen-bond acceptors (Lipinski definition) is 4. The Kier molecular flexibility index (Phi) is 3.41. The van der Waals surface area contributed by atoms with Gasteiger partial charge in [0, 0.05) is 13.2 Å². The van der Waals surface area contributed by atoms with Crippen molar-refractivity contribution in [1.29, 1.82) is 0 Å². The Morgan fingerprint density at radius 2 is 2.62 bits per heavy atom. The molecule has 3 N–H and O–H groups in total. The molecule has 0 atom stereocenters. The van der Waals surface area contributed by atoms with Crippen molar-refractivity contribution in [2.45, 2.75) is 6.54 Å². The summed E-state index contributed by atoms with van der Waals surface area (Å²) in [6, 6.07) is 0. The number of aromatic nitrogens is 2. The first kappa shape index (κ1) is 9.69. The van der Waals surface area contributed by atoms with Crippen molar-refractivity contribution >= 4 is 5.91 Å². The maximum absolute atomic E-state index is 10.3. The number of nitrogens with two attached hydrogens (primary N) is 1. The molecule has 0 aliphatic rings. The molecule has 1 aromatic heterocycles. The lowest BCUT2D eigenvalue weighted by Crippen LogP contribution is -2.25. The number of amides is 1. The fourth-order valence-corrected chi connectivity index (χ4v) is 0.802. The number of rotatable bonds is 5. The first-order valence-electron chi connectivity index (χ1n) is 3.78. The minimum atomic E-state index is -0.502. The van der Waals surface area contributed by atoms with Crippen LogP contribution in [0.4, 0.5) is 0 Å². The Morgan fingerprint density at radius 1 is 1.85 bits per heavy atom. The van der Waals surface area contributed by atoms with Gasteiger partial charge in [0.1, 0.15) is 6.61 Å². The van der Waals surface area contributed by atoms with Crippen molar-refractivity contribution in [1.82, 2.24) is 15.0 Å². The van der Waals surface area contributed by atoms with Crippen LogP contribution in [0.1, 0.15) is 5.69 Å². The van der Waals surface area contributed by atoms with Gasteiger partial charge in [0.15, 0.2) is 0 Å². The molecule has 1 heterocycles. The first-order chi connectivity index (χ1) is 6.20. The second-order valence-electron chi connectivity index (χ2n) is 2.57. The van der Waals surface area contributed by atoms with E-state index < -0.39 is 5.91 Å². The Balaban J connectivity index is 2.20. The predicted molar refractivity (Wildman–Crippen MR) is 45.2 cm³/mol. The summed E-state index contributed by atoms with van der Waals surface area (Å²) in [5, 5.41) is 0. The highest BCUT2D eigenvalue weighted by atomic mass is 16.6. The molecule has 1 aromatic rings. The van der Waals surface area contributed by atoms with Crippen LogP contribution >= 0.6 is 0 Å². The molecule has 0 fully saturated rings. The highest BCUT2D eigenvalue weighted by Crippen LogP contribution is 1.94. The van der Waals surface area contributed by atoms with Gasteiger partial charge < -0.3 is 10.3 Å². The summed E-state index contributed by atoms with van der Waals surface area (Å²) < 4.78 is 1.85. The summed E-state index contributed by atoms with van der Waals surface area (Å²) >= 11 is 0. The van der Waals surface area contributed by atoms with Crippen LogP contribution in [0.2, 0.25) is 0 Å². The summed E-state index contributed by atoms with van der Waals surface area (Å²) in [4.78, 5) is 18.9. The summed E-state index contributed by atoms with van der Waals surface area (Å²) in [7, 11) is 1.87. The first-order valence-corrected chi connectivity index (χ1v) is 3.78. The third-order valence-corrected chi connectivity index (χ3v) is 1.49. The van der Waals surface area contributed by atoms with Gasteiger partial charge in [-0.3, -0.25) is 9.63 Å². The molecule has 0 aliphatic heterocycles. The monoisotopic (exact) mass is 184 g/mol. The molecule has 0 unspecified atom stereocenters. The molecule has 0 aromatic carbocycles. The topological polar surface area (TPSA) is 82.2 Å². The van der Waals surface area contributed by atoms with Crippen LogP contribution in [0, 0.1) is 0 Å². The van der Waals surface area contributed by atoms with Crippen LogP contribution in [-0.4, -0.2) is 22.1 Å². The molecule has 0 saturated carbocycles. The van der Waals surface area contributed by atoms with E-state index in [0.717, 1.165) is 5.69 Å². The zero-order valence-corrected chi connectivity index (χ0v) is 7.36. The van der Waals surface area contributed by atoms with E-state index in [1.165, 1.54) is 0 Å². The number of nitrogens with zero attached hydrogens (tertiary/aromatic N) is 2. The fourth-order valence-electron chi connectivity index (χ4n) is 0.802. The predicted octanol–water partition coefficient (Wildman–Crippen LogP) is -1.07. The third kappa shape index (κ3) is 3.22. The normalized spacial score (nSPS) is 10.2. The van der Waals surface area contributed by atoms with Crippen LogP contribution in [0.5, 0.6) is 0 Å². The van der Waals surface area contributed by atoms with Gasteiger partial charge in [-0.05, 0) is 0 Å². The zero-order valence-electron chi connectivity index (χ0n) is 7.36. The molecule has 0 bridgehead atoms. The Bertz CT molecular complexity index is 284. The number of aryl methyl sites for hydroxylation is 1. The van der Waals surface area contributed by atoms with Crippen molar-refractivity contribution in [3.05, 3.63) is 18.2 Å². The lowest BCUT2D eigenvalue weighted by atomic mass is 10.5. The van der Waals surface area contributed by atoms with Gasteiger partial charge in [-0.25, -0.2) is 4.98 Å². The molecular formula is C7H12N4O2. The number of imidazole rings is 1. The van der Waals surface area contributed by atoms with Gasteiger partial charge >= 0.3 is 0 Å². The van der Waals surface area contributed by atoms with Crippen LogP contribution < -0.4 is 11.2 Å². The van der Waals surface area contributed by atoms with E-state index in [-0.39, 0.29) is 6.61 Å². The lowest BCUT2D eigenvalue weighted by Gasteiger charge is -2.03. The average molecular weight is 184 g/mol. The van der Waals surface area contributed by atoms with E-state index in [1.807, 2.05) is 11.6 Å². The van der Waals surface area contributed by atoms with E-state index in [0.29, 0.717) is 6.54 Å². The molecule has 0 saturated heterocycles. The van der Waals surface area contributed by atoms with E-state index >= 15 is 0 Å². The zero-order chi connectivity index (χ0) is 9.68. The second-order valence-corrected chi connectivity index (χ2v) is 2.57. The van der Waals surface area contributed by atoms with Gasteiger partial charge in [0.25, 0.3) is 0 Å². The number of carbonyl (C=O) groups is 1.